The highest BCUT2D eigenvalue weighted by atomic mass is 16.6. The molecule has 0 saturated heterocycles. The van der Waals surface area contributed by atoms with Crippen LogP contribution >= 0.6 is 0 Å². The van der Waals surface area contributed by atoms with Crippen LogP contribution in [0.1, 0.15) is 20.7 Å². The van der Waals surface area contributed by atoms with Crippen LogP contribution in [-0.2, 0) is 0 Å². The number of amides is 2. The molecule has 0 unspecified atom stereocenters. The Hall–Kier alpha value is -3.74. The minimum atomic E-state index is -0.663. The summed E-state index contributed by atoms with van der Waals surface area (Å²) in [6.45, 7) is 0.105. The number of fused-ring (bicyclic) bond motifs is 2. The number of carbonyl (C=O) groups is 2. The second kappa shape index (κ2) is 6.53. The second-order valence-electron chi connectivity index (χ2n) is 6.08. The summed E-state index contributed by atoms with van der Waals surface area (Å²) >= 11 is 0. The van der Waals surface area contributed by atoms with Crippen molar-refractivity contribution in [3.8, 4) is 5.75 Å². The molecule has 0 radical (unpaired) electrons. The minimum Gasteiger partial charge on any atom is -0.492 e. The molecule has 0 N–H and O–H groups in total. The molecule has 1 aliphatic heterocycles. The van der Waals surface area contributed by atoms with Crippen molar-refractivity contribution in [2.45, 2.75) is 0 Å². The normalized spacial score (nSPS) is 13.1. The Morgan fingerprint density at radius 3 is 2.48 bits per heavy atom. The maximum Gasteiger partial charge on any atom is 0.282 e. The quantitative estimate of drug-likeness (QED) is 0.394. The summed E-state index contributed by atoms with van der Waals surface area (Å²) in [5.74, 6) is -0.582. The van der Waals surface area contributed by atoms with Gasteiger partial charge in [0.05, 0.1) is 17.0 Å². The van der Waals surface area contributed by atoms with E-state index >= 15 is 0 Å². The summed E-state index contributed by atoms with van der Waals surface area (Å²) in [4.78, 5) is 36.4. The van der Waals surface area contributed by atoms with Crippen LogP contribution in [0.5, 0.6) is 5.75 Å². The highest BCUT2D eigenvalue weighted by Gasteiger charge is 2.40. The molecule has 3 aromatic carbocycles. The van der Waals surface area contributed by atoms with Crippen LogP contribution in [0.15, 0.2) is 60.7 Å². The van der Waals surface area contributed by atoms with Crippen LogP contribution in [0, 0.1) is 10.1 Å². The molecule has 134 valence electrons. The number of hydrogen-bond donors (Lipinski definition) is 0. The Kier molecular flexibility index (Phi) is 4.04. The first-order chi connectivity index (χ1) is 13.1. The number of nitro benzene ring substituents is 1. The fourth-order valence-electron chi connectivity index (χ4n) is 3.18. The van der Waals surface area contributed by atoms with Gasteiger partial charge >= 0.3 is 0 Å². The van der Waals surface area contributed by atoms with E-state index in [4.69, 9.17) is 4.74 Å². The smallest absolute Gasteiger partial charge is 0.282 e. The predicted octanol–water partition coefficient (Wildman–Crippen LogP) is 3.42. The first-order valence-corrected chi connectivity index (χ1v) is 8.31. The zero-order chi connectivity index (χ0) is 19.0. The van der Waals surface area contributed by atoms with Crippen LogP contribution in [-0.4, -0.2) is 34.8 Å². The zero-order valence-corrected chi connectivity index (χ0v) is 14.1. The van der Waals surface area contributed by atoms with Gasteiger partial charge in [-0.25, -0.2) is 0 Å². The van der Waals surface area contributed by atoms with Gasteiger partial charge < -0.3 is 4.74 Å². The summed E-state index contributed by atoms with van der Waals surface area (Å²) in [5, 5.41) is 13.2. The average molecular weight is 362 g/mol. The van der Waals surface area contributed by atoms with Crippen molar-refractivity contribution < 1.29 is 19.2 Å². The minimum absolute atomic E-state index is 0.0102. The van der Waals surface area contributed by atoms with Crippen molar-refractivity contribution in [1.29, 1.82) is 0 Å². The SMILES string of the molecule is O=C1c2cccc([N+](=O)[O-])c2C(=O)N1CCOc1ccc2ccccc2c1. The van der Waals surface area contributed by atoms with Crippen molar-refractivity contribution in [2.24, 2.45) is 0 Å². The number of imide groups is 1. The Morgan fingerprint density at radius 1 is 0.926 bits per heavy atom. The molecular weight excluding hydrogens is 348 g/mol. The third-order valence-electron chi connectivity index (χ3n) is 4.48. The lowest BCUT2D eigenvalue weighted by atomic mass is 10.1. The summed E-state index contributed by atoms with van der Waals surface area (Å²) in [6.07, 6.45) is 0. The molecule has 0 atom stereocenters. The van der Waals surface area contributed by atoms with Crippen LogP contribution in [0.4, 0.5) is 5.69 Å². The highest BCUT2D eigenvalue weighted by molar-refractivity contribution is 6.23. The average Bonchev–Trinajstić information content (AvgIpc) is 2.92. The first-order valence-electron chi connectivity index (χ1n) is 8.31. The first kappa shape index (κ1) is 16.7. The number of hydrogen-bond acceptors (Lipinski definition) is 5. The van der Waals surface area contributed by atoms with E-state index in [1.807, 2.05) is 42.5 Å². The van der Waals surface area contributed by atoms with E-state index in [1.165, 1.54) is 18.2 Å². The zero-order valence-electron chi connectivity index (χ0n) is 14.1. The van der Waals surface area contributed by atoms with Crippen LogP contribution in [0.2, 0.25) is 0 Å². The lowest BCUT2D eigenvalue weighted by Gasteiger charge is -2.14. The van der Waals surface area contributed by atoms with Gasteiger partial charge in [-0.15, -0.1) is 0 Å². The lowest BCUT2D eigenvalue weighted by molar-refractivity contribution is -0.385. The van der Waals surface area contributed by atoms with Crippen LogP contribution < -0.4 is 4.74 Å². The summed E-state index contributed by atoms with van der Waals surface area (Å²) < 4.78 is 5.67. The van der Waals surface area contributed by atoms with Crippen molar-refractivity contribution in [2.75, 3.05) is 13.2 Å². The van der Waals surface area contributed by atoms with Gasteiger partial charge in [0.1, 0.15) is 17.9 Å². The molecule has 0 spiro atoms. The number of carbonyl (C=O) groups excluding carboxylic acids is 2. The maximum absolute atomic E-state index is 12.5. The second-order valence-corrected chi connectivity index (χ2v) is 6.08. The third-order valence-corrected chi connectivity index (χ3v) is 4.48. The van der Waals surface area contributed by atoms with Crippen LogP contribution in [0.25, 0.3) is 10.8 Å². The number of ether oxygens (including phenoxy) is 1. The van der Waals surface area contributed by atoms with Crippen molar-refractivity contribution >= 4 is 28.3 Å². The van der Waals surface area contributed by atoms with E-state index in [0.29, 0.717) is 5.75 Å². The number of rotatable bonds is 5. The summed E-state index contributed by atoms with van der Waals surface area (Å²) in [5.41, 5.74) is -0.457. The van der Waals surface area contributed by atoms with Crippen LogP contribution in [0.3, 0.4) is 0 Å². The predicted molar refractivity (Wildman–Crippen MR) is 97.9 cm³/mol. The van der Waals surface area contributed by atoms with Gasteiger partial charge in [0.15, 0.2) is 0 Å². The topological polar surface area (TPSA) is 89.8 Å². The van der Waals surface area contributed by atoms with E-state index < -0.39 is 16.7 Å². The van der Waals surface area contributed by atoms with Gasteiger partial charge in [0.25, 0.3) is 17.5 Å². The molecule has 0 aliphatic carbocycles. The Balaban J connectivity index is 1.48. The van der Waals surface area contributed by atoms with E-state index in [-0.39, 0.29) is 30.0 Å². The molecule has 3 aromatic rings. The third kappa shape index (κ3) is 2.89. The van der Waals surface area contributed by atoms with E-state index in [1.54, 1.807) is 0 Å². The van der Waals surface area contributed by atoms with E-state index in [2.05, 4.69) is 0 Å². The van der Waals surface area contributed by atoms with Gasteiger partial charge in [-0.05, 0) is 29.0 Å². The molecule has 0 fully saturated rings. The number of nitro groups is 1. The lowest BCUT2D eigenvalue weighted by Crippen LogP contribution is -2.33. The van der Waals surface area contributed by atoms with Gasteiger partial charge in [0.2, 0.25) is 0 Å². The van der Waals surface area contributed by atoms with E-state index in [0.717, 1.165) is 15.7 Å². The Bertz CT molecular complexity index is 1090. The molecular formula is C20H14N2O5. The molecule has 1 heterocycles. The van der Waals surface area contributed by atoms with Gasteiger partial charge in [0, 0.05) is 6.07 Å². The molecule has 0 bridgehead atoms. The standard InChI is InChI=1S/C20H14N2O5/c23-19-16-6-3-7-17(22(25)26)18(16)20(24)21(19)10-11-27-15-9-8-13-4-1-2-5-14(13)12-15/h1-9,12H,10-11H2. The number of benzene rings is 3. The van der Waals surface area contributed by atoms with E-state index in [9.17, 15) is 19.7 Å². The van der Waals surface area contributed by atoms with Crippen molar-refractivity contribution in [1.82, 2.24) is 4.90 Å². The maximum atomic E-state index is 12.5. The molecule has 27 heavy (non-hydrogen) atoms. The molecule has 7 heteroatoms. The van der Waals surface area contributed by atoms with Gasteiger partial charge in [-0.3, -0.25) is 24.6 Å². The molecule has 1 aliphatic rings. The molecule has 2 amide bonds. The summed E-state index contributed by atoms with van der Waals surface area (Å²) in [7, 11) is 0. The molecule has 7 nitrogen and oxygen atoms in total. The van der Waals surface area contributed by atoms with Gasteiger partial charge in [-0.1, -0.05) is 36.4 Å². The highest BCUT2D eigenvalue weighted by Crippen LogP contribution is 2.30. The molecule has 0 saturated carbocycles. The molecule has 0 aromatic heterocycles. The monoisotopic (exact) mass is 362 g/mol. The largest absolute Gasteiger partial charge is 0.492 e. The fraction of sp³-hybridized carbons (Fsp3) is 0.100. The Labute approximate surface area is 153 Å². The fourth-order valence-corrected chi connectivity index (χ4v) is 3.18. The van der Waals surface area contributed by atoms with Gasteiger partial charge in [-0.2, -0.15) is 0 Å². The van der Waals surface area contributed by atoms with Crippen molar-refractivity contribution in [3.05, 3.63) is 81.9 Å². The Morgan fingerprint density at radius 2 is 1.70 bits per heavy atom. The number of nitrogens with zero attached hydrogens (tertiary/aromatic N) is 2. The van der Waals surface area contributed by atoms with Crippen molar-refractivity contribution in [3.63, 3.8) is 0 Å². The molecule has 4 rings (SSSR count). The summed E-state index contributed by atoms with van der Waals surface area (Å²) in [6, 6.07) is 17.5.